The lowest BCUT2D eigenvalue weighted by atomic mass is 10.0. The van der Waals surface area contributed by atoms with E-state index in [2.05, 4.69) is 37.9 Å². The number of rotatable bonds is 6. The zero-order valence-electron chi connectivity index (χ0n) is 17.1. The minimum Gasteiger partial charge on any atom is -0.481 e. The van der Waals surface area contributed by atoms with E-state index in [0.717, 1.165) is 11.1 Å². The van der Waals surface area contributed by atoms with Gasteiger partial charge < -0.3 is 15.0 Å². The minimum absolute atomic E-state index is 0.0239. The Morgan fingerprint density at radius 2 is 1.97 bits per heavy atom. The summed E-state index contributed by atoms with van der Waals surface area (Å²) in [4.78, 5) is 26.0. The molecule has 29 heavy (non-hydrogen) atoms. The van der Waals surface area contributed by atoms with Crippen LogP contribution in [0.15, 0.2) is 60.7 Å². The van der Waals surface area contributed by atoms with Gasteiger partial charge in [-0.25, -0.2) is 0 Å². The number of hydrogen-bond donors (Lipinski definition) is 1. The van der Waals surface area contributed by atoms with Crippen LogP contribution in [0.4, 0.5) is 11.4 Å². The summed E-state index contributed by atoms with van der Waals surface area (Å²) in [5.41, 5.74) is 4.41. The van der Waals surface area contributed by atoms with Crippen molar-refractivity contribution in [2.24, 2.45) is 0 Å². The zero-order chi connectivity index (χ0) is 21.0. The van der Waals surface area contributed by atoms with Crippen molar-refractivity contribution in [2.75, 3.05) is 23.4 Å². The Morgan fingerprint density at radius 3 is 2.62 bits per heavy atom. The van der Waals surface area contributed by atoms with E-state index in [4.69, 9.17) is 4.74 Å². The molecule has 0 aromatic heterocycles. The van der Waals surface area contributed by atoms with Gasteiger partial charge in [-0.05, 0) is 42.2 Å². The van der Waals surface area contributed by atoms with Gasteiger partial charge in [0, 0.05) is 24.4 Å². The number of amides is 2. The molecule has 1 aliphatic rings. The van der Waals surface area contributed by atoms with Gasteiger partial charge in [0.05, 0.1) is 5.69 Å². The van der Waals surface area contributed by atoms with Gasteiger partial charge in [0.25, 0.3) is 5.91 Å². The molecule has 5 nitrogen and oxygen atoms in total. The molecule has 0 saturated carbocycles. The second kappa shape index (κ2) is 8.78. The molecule has 3 rings (SSSR count). The lowest BCUT2D eigenvalue weighted by Gasteiger charge is -2.29. The van der Waals surface area contributed by atoms with Gasteiger partial charge >= 0.3 is 0 Å². The first-order chi connectivity index (χ1) is 13.8. The summed E-state index contributed by atoms with van der Waals surface area (Å²) >= 11 is 0. The standard InChI is InChI=1S/C24H26N2O3/c1-16(2)14-26-21-11-10-20(13-22(21)29-15-24(26)28)25-23(27)12-7-18-5-8-19(9-6-18)17(3)4/h5-13,17H,1,14-15H2,2-4H3,(H,25,27)/b12-7+. The predicted molar refractivity (Wildman–Crippen MR) is 117 cm³/mol. The Bertz CT molecular complexity index is 959. The molecule has 1 aliphatic heterocycles. The SMILES string of the molecule is C=C(C)CN1C(=O)COc2cc(NC(=O)/C=C/c3ccc(C(C)C)cc3)ccc21. The molecule has 0 bridgehead atoms. The number of nitrogens with one attached hydrogen (secondary N) is 1. The van der Waals surface area contributed by atoms with Crippen LogP contribution in [-0.2, 0) is 9.59 Å². The van der Waals surface area contributed by atoms with E-state index >= 15 is 0 Å². The third kappa shape index (κ3) is 5.13. The molecule has 1 heterocycles. The van der Waals surface area contributed by atoms with Crippen LogP contribution in [0, 0.1) is 0 Å². The summed E-state index contributed by atoms with van der Waals surface area (Å²) in [5, 5.41) is 2.83. The van der Waals surface area contributed by atoms with Crippen LogP contribution in [0.3, 0.4) is 0 Å². The first kappa shape index (κ1) is 20.4. The lowest BCUT2D eigenvalue weighted by molar-refractivity contribution is -0.121. The van der Waals surface area contributed by atoms with Crippen molar-refractivity contribution < 1.29 is 14.3 Å². The van der Waals surface area contributed by atoms with Gasteiger partial charge in [-0.3, -0.25) is 9.59 Å². The summed E-state index contributed by atoms with van der Waals surface area (Å²) < 4.78 is 5.54. The van der Waals surface area contributed by atoms with Crippen molar-refractivity contribution in [1.29, 1.82) is 0 Å². The monoisotopic (exact) mass is 390 g/mol. The van der Waals surface area contributed by atoms with Crippen LogP contribution in [0.2, 0.25) is 0 Å². The molecule has 0 radical (unpaired) electrons. The predicted octanol–water partition coefficient (Wildman–Crippen LogP) is 4.76. The number of ether oxygens (including phenoxy) is 1. The fraction of sp³-hybridized carbons (Fsp3) is 0.250. The quantitative estimate of drug-likeness (QED) is 0.571. The van der Waals surface area contributed by atoms with Crippen molar-refractivity contribution in [3.63, 3.8) is 0 Å². The first-order valence-corrected chi connectivity index (χ1v) is 9.64. The second-order valence-electron chi connectivity index (χ2n) is 7.55. The van der Waals surface area contributed by atoms with Crippen LogP contribution < -0.4 is 15.0 Å². The van der Waals surface area contributed by atoms with Crippen LogP contribution in [0.1, 0.15) is 37.8 Å². The second-order valence-corrected chi connectivity index (χ2v) is 7.55. The van der Waals surface area contributed by atoms with Gasteiger partial charge in [0.1, 0.15) is 5.75 Å². The number of carbonyl (C=O) groups is 2. The van der Waals surface area contributed by atoms with E-state index in [9.17, 15) is 9.59 Å². The molecule has 2 amide bonds. The maximum atomic E-state index is 12.3. The average Bonchev–Trinajstić information content (AvgIpc) is 2.68. The summed E-state index contributed by atoms with van der Waals surface area (Å²) in [6.07, 6.45) is 3.28. The zero-order valence-corrected chi connectivity index (χ0v) is 17.1. The molecular weight excluding hydrogens is 364 g/mol. The number of benzene rings is 2. The Hall–Kier alpha value is -3.34. The third-order valence-electron chi connectivity index (χ3n) is 4.63. The highest BCUT2D eigenvalue weighted by Crippen LogP contribution is 2.34. The molecule has 0 unspecified atom stereocenters. The fourth-order valence-corrected chi connectivity index (χ4v) is 3.07. The van der Waals surface area contributed by atoms with Crippen molar-refractivity contribution in [3.8, 4) is 5.75 Å². The van der Waals surface area contributed by atoms with Crippen molar-refractivity contribution in [3.05, 3.63) is 71.8 Å². The highest BCUT2D eigenvalue weighted by Gasteiger charge is 2.25. The number of carbonyl (C=O) groups excluding carboxylic acids is 2. The normalized spacial score (nSPS) is 13.4. The molecule has 150 valence electrons. The molecule has 5 heteroatoms. The van der Waals surface area contributed by atoms with E-state index in [1.807, 2.05) is 19.1 Å². The van der Waals surface area contributed by atoms with Crippen LogP contribution in [-0.4, -0.2) is 25.0 Å². The van der Waals surface area contributed by atoms with Crippen LogP contribution >= 0.6 is 0 Å². The Balaban J connectivity index is 1.68. The number of nitrogens with zero attached hydrogens (tertiary/aromatic N) is 1. The molecule has 0 fully saturated rings. The third-order valence-corrected chi connectivity index (χ3v) is 4.63. The Labute approximate surface area is 171 Å². The number of hydrogen-bond acceptors (Lipinski definition) is 3. The molecule has 0 aliphatic carbocycles. The molecule has 0 atom stereocenters. The number of fused-ring (bicyclic) bond motifs is 1. The minimum atomic E-state index is -0.233. The van der Waals surface area contributed by atoms with Gasteiger partial charge in [-0.2, -0.15) is 0 Å². The van der Waals surface area contributed by atoms with Crippen LogP contribution in [0.25, 0.3) is 6.08 Å². The van der Waals surface area contributed by atoms with Gasteiger partial charge in [-0.1, -0.05) is 50.3 Å². The molecule has 2 aromatic rings. The van der Waals surface area contributed by atoms with Gasteiger partial charge in [0.2, 0.25) is 5.91 Å². The van der Waals surface area contributed by atoms with Gasteiger partial charge in [-0.15, -0.1) is 0 Å². The first-order valence-electron chi connectivity index (χ1n) is 9.64. The van der Waals surface area contributed by atoms with Crippen molar-refractivity contribution >= 4 is 29.3 Å². The molecule has 1 N–H and O–H groups in total. The topological polar surface area (TPSA) is 58.6 Å². The smallest absolute Gasteiger partial charge is 0.265 e. The highest BCUT2D eigenvalue weighted by atomic mass is 16.5. The van der Waals surface area contributed by atoms with E-state index in [1.54, 1.807) is 29.2 Å². The molecule has 0 saturated heterocycles. The largest absolute Gasteiger partial charge is 0.481 e. The van der Waals surface area contributed by atoms with Crippen LogP contribution in [0.5, 0.6) is 5.75 Å². The van der Waals surface area contributed by atoms with Gasteiger partial charge in [0.15, 0.2) is 6.61 Å². The lowest BCUT2D eigenvalue weighted by Crippen LogP contribution is -2.39. The van der Waals surface area contributed by atoms with Crippen molar-refractivity contribution in [1.82, 2.24) is 0 Å². The van der Waals surface area contributed by atoms with E-state index in [-0.39, 0.29) is 18.4 Å². The van der Waals surface area contributed by atoms with E-state index in [0.29, 0.717) is 29.6 Å². The van der Waals surface area contributed by atoms with E-state index in [1.165, 1.54) is 11.6 Å². The Kier molecular flexibility index (Phi) is 6.17. The maximum absolute atomic E-state index is 12.3. The summed E-state index contributed by atoms with van der Waals surface area (Å²) in [6, 6.07) is 13.4. The summed E-state index contributed by atoms with van der Waals surface area (Å²) in [5.74, 6) is 0.702. The van der Waals surface area contributed by atoms with E-state index < -0.39 is 0 Å². The average molecular weight is 390 g/mol. The highest BCUT2D eigenvalue weighted by molar-refractivity contribution is 6.03. The summed E-state index contributed by atoms with van der Waals surface area (Å²) in [7, 11) is 0. The molecule has 2 aromatic carbocycles. The molecular formula is C24H26N2O3. The van der Waals surface area contributed by atoms with Crippen molar-refractivity contribution in [2.45, 2.75) is 26.7 Å². The summed E-state index contributed by atoms with van der Waals surface area (Å²) in [6.45, 7) is 10.5. The molecule has 0 spiro atoms. The Morgan fingerprint density at radius 1 is 1.24 bits per heavy atom. The maximum Gasteiger partial charge on any atom is 0.265 e. The fourth-order valence-electron chi connectivity index (χ4n) is 3.07. The number of anilines is 2.